The number of carbonyl (C=O) groups is 1. The molecule has 5 heteroatoms. The van der Waals surface area contributed by atoms with Crippen molar-refractivity contribution in [1.82, 2.24) is 10.3 Å². The lowest BCUT2D eigenvalue weighted by molar-refractivity contribution is 0.0947. The summed E-state index contributed by atoms with van der Waals surface area (Å²) >= 11 is 0. The number of methoxy groups -OCH3 is 1. The number of aryl methyl sites for hydroxylation is 1. The summed E-state index contributed by atoms with van der Waals surface area (Å²) in [5.74, 6) is 0.637. The molecule has 1 aromatic carbocycles. The van der Waals surface area contributed by atoms with E-state index in [-0.39, 0.29) is 17.9 Å². The van der Waals surface area contributed by atoms with Gasteiger partial charge in [0.25, 0.3) is 5.91 Å². The maximum Gasteiger partial charge on any atom is 0.253 e. The van der Waals surface area contributed by atoms with Gasteiger partial charge in [-0.3, -0.25) is 9.78 Å². The topological polar surface area (TPSA) is 71.5 Å². The third kappa shape index (κ3) is 4.45. The molecule has 0 atom stereocenters. The first kappa shape index (κ1) is 18.2. The molecule has 0 unspecified atom stereocenters. The van der Waals surface area contributed by atoms with Crippen LogP contribution in [0, 0.1) is 12.3 Å². The first-order valence-electron chi connectivity index (χ1n) is 8.21. The Morgan fingerprint density at radius 2 is 2.08 bits per heavy atom. The molecular formula is C19H26N2O3. The van der Waals surface area contributed by atoms with E-state index in [1.807, 2.05) is 45.0 Å². The number of nitrogens with zero attached hydrogens (tertiary/aromatic N) is 1. The zero-order chi connectivity index (χ0) is 17.7. The number of nitrogens with one attached hydrogen (secondary N) is 1. The number of carbonyl (C=O) groups excluding carboxylic acids is 1. The van der Waals surface area contributed by atoms with Crippen LogP contribution in [0.5, 0.6) is 5.75 Å². The molecule has 0 fully saturated rings. The number of amides is 1. The van der Waals surface area contributed by atoms with Crippen molar-refractivity contribution in [2.24, 2.45) is 5.41 Å². The fourth-order valence-corrected chi connectivity index (χ4v) is 2.54. The van der Waals surface area contributed by atoms with Crippen LogP contribution in [-0.4, -0.2) is 36.3 Å². The minimum absolute atomic E-state index is 0.107. The Kier molecular flexibility index (Phi) is 5.78. The van der Waals surface area contributed by atoms with Gasteiger partial charge in [0.2, 0.25) is 0 Å². The molecule has 0 aliphatic heterocycles. The number of aromatic nitrogens is 1. The van der Waals surface area contributed by atoms with Crippen LogP contribution >= 0.6 is 0 Å². The summed E-state index contributed by atoms with van der Waals surface area (Å²) < 4.78 is 5.20. The maximum atomic E-state index is 12.4. The Balaban J connectivity index is 2.05. The standard InChI is InChI=1S/C19H26N2O3/c1-13-16(18(23)20-9-5-8-19(2,3)12-22)10-14-6-7-15(24-4)11-17(14)21-13/h6-7,10-11,22H,5,8-9,12H2,1-4H3,(H,20,23). The fraction of sp³-hybridized carbons (Fsp3) is 0.474. The highest BCUT2D eigenvalue weighted by Gasteiger charge is 2.16. The average Bonchev–Trinajstić information content (AvgIpc) is 2.57. The Hall–Kier alpha value is -2.14. The van der Waals surface area contributed by atoms with E-state index in [0.29, 0.717) is 17.8 Å². The lowest BCUT2D eigenvalue weighted by atomic mass is 9.89. The van der Waals surface area contributed by atoms with E-state index < -0.39 is 0 Å². The van der Waals surface area contributed by atoms with Gasteiger partial charge in [0.1, 0.15) is 5.75 Å². The van der Waals surface area contributed by atoms with Gasteiger partial charge in [-0.1, -0.05) is 13.8 Å². The molecule has 130 valence electrons. The number of ether oxygens (including phenoxy) is 1. The van der Waals surface area contributed by atoms with Gasteiger partial charge in [-0.2, -0.15) is 0 Å². The first-order valence-corrected chi connectivity index (χ1v) is 8.21. The van der Waals surface area contributed by atoms with Crippen molar-refractivity contribution in [3.63, 3.8) is 0 Å². The third-order valence-electron chi connectivity index (χ3n) is 4.20. The Morgan fingerprint density at radius 1 is 1.33 bits per heavy atom. The predicted octanol–water partition coefficient (Wildman–Crippen LogP) is 3.08. The lowest BCUT2D eigenvalue weighted by Gasteiger charge is -2.21. The Morgan fingerprint density at radius 3 is 2.75 bits per heavy atom. The van der Waals surface area contributed by atoms with Gasteiger partial charge in [0, 0.05) is 24.6 Å². The Labute approximate surface area is 143 Å². The predicted molar refractivity (Wildman–Crippen MR) is 95.5 cm³/mol. The third-order valence-corrected chi connectivity index (χ3v) is 4.20. The van der Waals surface area contributed by atoms with E-state index in [0.717, 1.165) is 29.5 Å². The summed E-state index contributed by atoms with van der Waals surface area (Å²) in [5.41, 5.74) is 2.00. The summed E-state index contributed by atoms with van der Waals surface area (Å²) in [6.45, 7) is 6.60. The van der Waals surface area contributed by atoms with Gasteiger partial charge in [-0.05, 0) is 43.4 Å². The molecule has 1 heterocycles. The van der Waals surface area contributed by atoms with Crippen LogP contribution in [0.15, 0.2) is 24.3 Å². The largest absolute Gasteiger partial charge is 0.497 e. The van der Waals surface area contributed by atoms with E-state index >= 15 is 0 Å². The van der Waals surface area contributed by atoms with Gasteiger partial charge < -0.3 is 15.2 Å². The van der Waals surface area contributed by atoms with Crippen LogP contribution in [0.25, 0.3) is 10.9 Å². The summed E-state index contributed by atoms with van der Waals surface area (Å²) in [6, 6.07) is 7.49. The van der Waals surface area contributed by atoms with Crippen molar-refractivity contribution < 1.29 is 14.6 Å². The molecule has 1 amide bonds. The van der Waals surface area contributed by atoms with Crippen molar-refractivity contribution in [2.75, 3.05) is 20.3 Å². The summed E-state index contributed by atoms with van der Waals surface area (Å²) in [5, 5.41) is 13.1. The zero-order valence-corrected chi connectivity index (χ0v) is 14.8. The molecule has 0 bridgehead atoms. The molecular weight excluding hydrogens is 304 g/mol. The van der Waals surface area contributed by atoms with E-state index in [1.165, 1.54) is 0 Å². The summed E-state index contributed by atoms with van der Waals surface area (Å²) in [6.07, 6.45) is 1.69. The number of pyridine rings is 1. The quantitative estimate of drug-likeness (QED) is 0.765. The second kappa shape index (κ2) is 7.62. The molecule has 0 saturated carbocycles. The molecule has 2 N–H and O–H groups in total. The molecule has 0 aliphatic rings. The highest BCUT2D eigenvalue weighted by Crippen LogP contribution is 2.22. The molecule has 5 nitrogen and oxygen atoms in total. The van der Waals surface area contributed by atoms with Crippen LogP contribution in [-0.2, 0) is 0 Å². The molecule has 0 spiro atoms. The first-order chi connectivity index (χ1) is 11.4. The van der Waals surface area contributed by atoms with Crippen molar-refractivity contribution in [3.05, 3.63) is 35.5 Å². The number of rotatable bonds is 7. The van der Waals surface area contributed by atoms with Gasteiger partial charge in [0.15, 0.2) is 0 Å². The second-order valence-corrected chi connectivity index (χ2v) is 6.86. The van der Waals surface area contributed by atoms with Gasteiger partial charge in [0.05, 0.1) is 23.9 Å². The molecule has 1 aromatic heterocycles. The number of fused-ring (bicyclic) bond motifs is 1. The van der Waals surface area contributed by atoms with E-state index in [4.69, 9.17) is 4.74 Å². The number of aliphatic hydroxyl groups excluding tert-OH is 1. The van der Waals surface area contributed by atoms with Crippen LogP contribution in [0.1, 0.15) is 42.7 Å². The van der Waals surface area contributed by atoms with Crippen molar-refractivity contribution in [3.8, 4) is 5.75 Å². The molecule has 0 radical (unpaired) electrons. The van der Waals surface area contributed by atoms with Crippen molar-refractivity contribution >= 4 is 16.8 Å². The number of hydrogen-bond acceptors (Lipinski definition) is 4. The molecule has 24 heavy (non-hydrogen) atoms. The minimum Gasteiger partial charge on any atom is -0.497 e. The van der Waals surface area contributed by atoms with Gasteiger partial charge in [-0.25, -0.2) is 0 Å². The number of benzene rings is 1. The van der Waals surface area contributed by atoms with Crippen molar-refractivity contribution in [1.29, 1.82) is 0 Å². The van der Waals surface area contributed by atoms with E-state index in [2.05, 4.69) is 10.3 Å². The zero-order valence-electron chi connectivity index (χ0n) is 14.8. The van der Waals surface area contributed by atoms with Gasteiger partial charge in [-0.15, -0.1) is 0 Å². The SMILES string of the molecule is COc1ccc2cc(C(=O)NCCCC(C)(C)CO)c(C)nc2c1. The van der Waals surface area contributed by atoms with Gasteiger partial charge >= 0.3 is 0 Å². The molecule has 0 saturated heterocycles. The maximum absolute atomic E-state index is 12.4. The highest BCUT2D eigenvalue weighted by molar-refractivity contribution is 5.98. The average molecular weight is 330 g/mol. The van der Waals surface area contributed by atoms with Crippen LogP contribution < -0.4 is 10.1 Å². The molecule has 0 aliphatic carbocycles. The normalized spacial score (nSPS) is 11.5. The summed E-state index contributed by atoms with van der Waals surface area (Å²) in [7, 11) is 1.62. The monoisotopic (exact) mass is 330 g/mol. The fourth-order valence-electron chi connectivity index (χ4n) is 2.54. The second-order valence-electron chi connectivity index (χ2n) is 6.86. The van der Waals surface area contributed by atoms with Crippen LogP contribution in [0.2, 0.25) is 0 Å². The smallest absolute Gasteiger partial charge is 0.253 e. The molecule has 2 rings (SSSR count). The molecule has 2 aromatic rings. The van der Waals surface area contributed by atoms with Crippen LogP contribution in [0.3, 0.4) is 0 Å². The van der Waals surface area contributed by atoms with E-state index in [1.54, 1.807) is 7.11 Å². The number of aliphatic hydroxyl groups is 1. The van der Waals surface area contributed by atoms with Crippen molar-refractivity contribution in [2.45, 2.75) is 33.6 Å². The number of hydrogen-bond donors (Lipinski definition) is 2. The Bertz CT molecular complexity index is 726. The lowest BCUT2D eigenvalue weighted by Crippen LogP contribution is -2.27. The summed E-state index contributed by atoms with van der Waals surface area (Å²) in [4.78, 5) is 16.9. The highest BCUT2D eigenvalue weighted by atomic mass is 16.5. The minimum atomic E-state index is -0.112. The van der Waals surface area contributed by atoms with Crippen LogP contribution in [0.4, 0.5) is 0 Å². The van der Waals surface area contributed by atoms with E-state index in [9.17, 15) is 9.90 Å².